The summed E-state index contributed by atoms with van der Waals surface area (Å²) in [7, 11) is 0. The van der Waals surface area contributed by atoms with E-state index in [9.17, 15) is 9.59 Å². The summed E-state index contributed by atoms with van der Waals surface area (Å²) in [6.07, 6.45) is 2.69. The number of nitrogens with one attached hydrogen (secondary N) is 2. The minimum Gasteiger partial charge on any atom is -0.444 e. The molecule has 0 bridgehead atoms. The molecule has 0 aliphatic carbocycles. The largest absolute Gasteiger partial charge is 0.444 e. The number of amides is 2. The van der Waals surface area contributed by atoms with E-state index in [1.54, 1.807) is 17.2 Å². The number of piperidine rings is 1. The van der Waals surface area contributed by atoms with E-state index in [2.05, 4.69) is 38.5 Å². The summed E-state index contributed by atoms with van der Waals surface area (Å²) < 4.78 is 5.34. The van der Waals surface area contributed by atoms with E-state index in [0.29, 0.717) is 37.3 Å². The van der Waals surface area contributed by atoms with Crippen LogP contribution >= 0.6 is 0 Å². The van der Waals surface area contributed by atoms with Crippen LogP contribution in [-0.2, 0) is 4.74 Å². The van der Waals surface area contributed by atoms with E-state index in [4.69, 9.17) is 4.74 Å². The summed E-state index contributed by atoms with van der Waals surface area (Å²) >= 11 is 0. The van der Waals surface area contributed by atoms with Gasteiger partial charge < -0.3 is 19.9 Å². The number of H-pyrrole nitrogens is 1. The minimum absolute atomic E-state index is 0.0156. The van der Waals surface area contributed by atoms with Gasteiger partial charge in [-0.15, -0.1) is 0 Å². The fourth-order valence-electron chi connectivity index (χ4n) is 4.51. The molecule has 4 heterocycles. The van der Waals surface area contributed by atoms with Gasteiger partial charge in [0.2, 0.25) is 0 Å². The Labute approximate surface area is 216 Å². The van der Waals surface area contributed by atoms with Gasteiger partial charge in [0.1, 0.15) is 16.9 Å². The lowest BCUT2D eigenvalue weighted by Crippen LogP contribution is -2.47. The zero-order chi connectivity index (χ0) is 26.0. The third kappa shape index (κ3) is 5.80. The number of pyridine rings is 2. The van der Waals surface area contributed by atoms with Gasteiger partial charge in [0, 0.05) is 42.0 Å². The van der Waals surface area contributed by atoms with Crippen molar-refractivity contribution in [1.29, 1.82) is 0 Å². The number of carbonyl (C=O) groups excluding carboxylic acids is 2. The first-order valence-corrected chi connectivity index (χ1v) is 12.6. The Morgan fingerprint density at radius 1 is 1.00 bits per heavy atom. The maximum absolute atomic E-state index is 13.2. The van der Waals surface area contributed by atoms with E-state index in [0.717, 1.165) is 27.9 Å². The normalized spacial score (nSPS) is 14.5. The molecule has 0 unspecified atom stereocenters. The summed E-state index contributed by atoms with van der Waals surface area (Å²) in [5, 5.41) is 3.89. The molecular formula is C29H31N5O3. The first-order valence-electron chi connectivity index (χ1n) is 12.6. The fourth-order valence-corrected chi connectivity index (χ4v) is 4.51. The van der Waals surface area contributed by atoms with Crippen LogP contribution in [0.3, 0.4) is 0 Å². The summed E-state index contributed by atoms with van der Waals surface area (Å²) in [6.45, 7) is 6.60. The molecule has 0 spiro atoms. The van der Waals surface area contributed by atoms with E-state index >= 15 is 0 Å². The molecule has 2 N–H and O–H groups in total. The van der Waals surface area contributed by atoms with Crippen LogP contribution in [0.15, 0.2) is 66.9 Å². The lowest BCUT2D eigenvalue weighted by molar-refractivity contribution is 0.0473. The van der Waals surface area contributed by atoms with Gasteiger partial charge in [0.05, 0.1) is 5.69 Å². The molecule has 0 atom stereocenters. The smallest absolute Gasteiger partial charge is 0.407 e. The number of fused-ring (bicyclic) bond motifs is 1. The number of alkyl carbamates (subject to hydrolysis) is 1. The number of aromatic nitrogens is 3. The highest BCUT2D eigenvalue weighted by atomic mass is 16.6. The molecular weight excluding hydrogens is 466 g/mol. The van der Waals surface area contributed by atoms with Crippen LogP contribution in [0.5, 0.6) is 0 Å². The number of carbonyl (C=O) groups is 2. The van der Waals surface area contributed by atoms with Gasteiger partial charge in [-0.1, -0.05) is 36.4 Å². The highest BCUT2D eigenvalue weighted by molar-refractivity contribution is 5.93. The molecule has 1 aromatic carbocycles. The van der Waals surface area contributed by atoms with Crippen molar-refractivity contribution >= 4 is 23.0 Å². The van der Waals surface area contributed by atoms with Gasteiger partial charge in [-0.05, 0) is 63.4 Å². The molecule has 0 saturated carbocycles. The van der Waals surface area contributed by atoms with E-state index < -0.39 is 11.7 Å². The van der Waals surface area contributed by atoms with E-state index in [1.165, 1.54) is 0 Å². The summed E-state index contributed by atoms with van der Waals surface area (Å²) in [5.41, 5.74) is 4.31. The third-order valence-electron chi connectivity index (χ3n) is 6.32. The molecule has 5 rings (SSSR count). The van der Waals surface area contributed by atoms with Crippen LogP contribution in [0.4, 0.5) is 4.79 Å². The molecule has 1 fully saturated rings. The molecule has 8 heteroatoms. The molecule has 2 amide bonds. The predicted molar refractivity (Wildman–Crippen MR) is 143 cm³/mol. The second kappa shape index (κ2) is 10.0. The predicted octanol–water partition coefficient (Wildman–Crippen LogP) is 5.42. The quantitative estimate of drug-likeness (QED) is 0.392. The topological polar surface area (TPSA) is 100 Å². The van der Waals surface area contributed by atoms with Crippen molar-refractivity contribution in [3.8, 4) is 22.5 Å². The van der Waals surface area contributed by atoms with Crippen molar-refractivity contribution in [3.05, 3.63) is 72.6 Å². The zero-order valence-electron chi connectivity index (χ0n) is 21.3. The number of rotatable bonds is 4. The summed E-state index contributed by atoms with van der Waals surface area (Å²) in [6, 6.07) is 19.7. The number of nitrogens with zero attached hydrogens (tertiary/aromatic N) is 3. The molecule has 37 heavy (non-hydrogen) atoms. The maximum Gasteiger partial charge on any atom is 0.407 e. The zero-order valence-corrected chi connectivity index (χ0v) is 21.3. The van der Waals surface area contributed by atoms with Crippen molar-refractivity contribution in [3.63, 3.8) is 0 Å². The average Bonchev–Trinajstić information content (AvgIpc) is 3.32. The standard InChI is InChI=1S/C29H31N5O3/c1-29(2,3)37-28(36)31-22-12-14-34(15-13-22)27(35)24-11-7-10-23(32-24)21-16-20-17-25(33-26(20)30-18-21)19-8-5-4-6-9-19/h4-11,16-18,22H,12-15H2,1-3H3,(H,30,33)(H,31,36). The van der Waals surface area contributed by atoms with Crippen molar-refractivity contribution in [1.82, 2.24) is 25.2 Å². The van der Waals surface area contributed by atoms with Gasteiger partial charge in [-0.2, -0.15) is 0 Å². The first-order chi connectivity index (χ1) is 17.7. The van der Waals surface area contributed by atoms with Crippen LogP contribution in [0, 0.1) is 0 Å². The summed E-state index contributed by atoms with van der Waals surface area (Å²) in [5.74, 6) is -0.111. The van der Waals surface area contributed by atoms with E-state index in [-0.39, 0.29) is 11.9 Å². The van der Waals surface area contributed by atoms with E-state index in [1.807, 2.05) is 57.2 Å². The Morgan fingerprint density at radius 3 is 2.49 bits per heavy atom. The van der Waals surface area contributed by atoms with Gasteiger partial charge in [-0.3, -0.25) is 4.79 Å². The van der Waals surface area contributed by atoms with Crippen LogP contribution in [-0.4, -0.2) is 56.6 Å². The average molecular weight is 498 g/mol. The Kier molecular flexibility index (Phi) is 6.65. The summed E-state index contributed by atoms with van der Waals surface area (Å²) in [4.78, 5) is 39.7. The lowest BCUT2D eigenvalue weighted by Gasteiger charge is -2.32. The number of hydrogen-bond donors (Lipinski definition) is 2. The van der Waals surface area contributed by atoms with Crippen LogP contribution in [0.1, 0.15) is 44.1 Å². The molecule has 0 radical (unpaired) electrons. The third-order valence-corrected chi connectivity index (χ3v) is 6.32. The number of likely N-dealkylation sites (tertiary alicyclic amines) is 1. The van der Waals surface area contributed by atoms with Crippen molar-refractivity contribution in [2.45, 2.75) is 45.3 Å². The van der Waals surface area contributed by atoms with Gasteiger partial charge in [-0.25, -0.2) is 14.8 Å². The van der Waals surface area contributed by atoms with Gasteiger partial charge in [0.15, 0.2) is 0 Å². The highest BCUT2D eigenvalue weighted by Crippen LogP contribution is 2.27. The highest BCUT2D eigenvalue weighted by Gasteiger charge is 2.27. The molecule has 1 aliphatic rings. The fraction of sp³-hybridized carbons (Fsp3) is 0.310. The lowest BCUT2D eigenvalue weighted by atomic mass is 10.0. The van der Waals surface area contributed by atoms with Crippen molar-refractivity contribution < 1.29 is 14.3 Å². The number of ether oxygens (including phenoxy) is 1. The number of hydrogen-bond acceptors (Lipinski definition) is 5. The molecule has 190 valence electrons. The first kappa shape index (κ1) is 24.5. The van der Waals surface area contributed by atoms with Gasteiger partial charge in [0.25, 0.3) is 5.91 Å². The molecule has 8 nitrogen and oxygen atoms in total. The maximum atomic E-state index is 13.2. The second-order valence-electron chi connectivity index (χ2n) is 10.3. The molecule has 1 saturated heterocycles. The molecule has 1 aliphatic heterocycles. The molecule has 4 aromatic rings. The number of aromatic amines is 1. The minimum atomic E-state index is -0.539. The van der Waals surface area contributed by atoms with Crippen LogP contribution < -0.4 is 5.32 Å². The van der Waals surface area contributed by atoms with Crippen LogP contribution in [0.25, 0.3) is 33.5 Å². The SMILES string of the molecule is CC(C)(C)OC(=O)NC1CCN(C(=O)c2cccc(-c3cnc4[nH]c(-c5ccccc5)cc4c3)n2)CC1. The Morgan fingerprint density at radius 2 is 1.76 bits per heavy atom. The number of benzene rings is 1. The monoisotopic (exact) mass is 497 g/mol. The Balaban J connectivity index is 1.26. The van der Waals surface area contributed by atoms with Crippen molar-refractivity contribution in [2.24, 2.45) is 0 Å². The molecule has 3 aromatic heterocycles. The second-order valence-corrected chi connectivity index (χ2v) is 10.3. The van der Waals surface area contributed by atoms with Crippen LogP contribution in [0.2, 0.25) is 0 Å². The Bertz CT molecular complexity index is 1420. The van der Waals surface area contributed by atoms with Crippen molar-refractivity contribution in [2.75, 3.05) is 13.1 Å². The Hall–Kier alpha value is -4.20. The van der Waals surface area contributed by atoms with Gasteiger partial charge >= 0.3 is 6.09 Å².